The van der Waals surface area contributed by atoms with Crippen LogP contribution < -0.4 is 10.1 Å². The number of allylic oxidation sites excluding steroid dienone is 2. The van der Waals surface area contributed by atoms with Crippen LogP contribution in [0.15, 0.2) is 17.7 Å². The maximum Gasteiger partial charge on any atom is 0.418 e. The summed E-state index contributed by atoms with van der Waals surface area (Å²) >= 11 is 0.872. The molecule has 4 nitrogen and oxygen atoms in total. The van der Waals surface area contributed by atoms with Gasteiger partial charge in [0.1, 0.15) is 6.61 Å². The molecule has 0 aromatic carbocycles. The lowest BCUT2D eigenvalue weighted by Crippen LogP contribution is -2.24. The van der Waals surface area contributed by atoms with Crippen LogP contribution in [0.2, 0.25) is 0 Å². The van der Waals surface area contributed by atoms with Gasteiger partial charge in [-0.1, -0.05) is 17.4 Å². The zero-order valence-electron chi connectivity index (χ0n) is 10.4. The molecule has 0 saturated heterocycles. The lowest BCUT2D eigenvalue weighted by molar-refractivity contribution is -0.0861. The lowest BCUT2D eigenvalue weighted by Gasteiger charge is -2.11. The van der Waals surface area contributed by atoms with Gasteiger partial charge in [0.25, 0.3) is 5.91 Å². The molecule has 1 amide bonds. The molecule has 1 aliphatic rings. The first-order valence-corrected chi connectivity index (χ1v) is 6.54. The van der Waals surface area contributed by atoms with E-state index in [9.17, 15) is 18.0 Å². The predicted octanol–water partition coefficient (Wildman–Crippen LogP) is 2.75. The van der Waals surface area contributed by atoms with Gasteiger partial charge in [0.15, 0.2) is 5.06 Å². The SMILES string of the molecule is C/C=C(\C(=N)c1cc2c(s1)OCCNC2=O)C(F)(F)F. The number of fused-ring (bicyclic) bond motifs is 1. The summed E-state index contributed by atoms with van der Waals surface area (Å²) in [6.45, 7) is 1.82. The van der Waals surface area contributed by atoms with Crippen LogP contribution in [0.4, 0.5) is 13.2 Å². The van der Waals surface area contributed by atoms with E-state index >= 15 is 0 Å². The summed E-state index contributed by atoms with van der Waals surface area (Å²) in [5.41, 5.74) is -1.52. The quantitative estimate of drug-likeness (QED) is 0.825. The molecule has 0 radical (unpaired) electrons. The zero-order chi connectivity index (χ0) is 14.9. The number of amides is 1. The topological polar surface area (TPSA) is 62.2 Å². The minimum atomic E-state index is -4.60. The van der Waals surface area contributed by atoms with Gasteiger partial charge in [-0.3, -0.25) is 10.2 Å². The van der Waals surface area contributed by atoms with E-state index in [-0.39, 0.29) is 22.1 Å². The molecule has 20 heavy (non-hydrogen) atoms. The van der Waals surface area contributed by atoms with Crippen molar-refractivity contribution in [2.45, 2.75) is 13.1 Å². The maximum absolute atomic E-state index is 12.8. The van der Waals surface area contributed by atoms with Crippen molar-refractivity contribution < 1.29 is 22.7 Å². The van der Waals surface area contributed by atoms with E-state index in [0.29, 0.717) is 6.54 Å². The van der Waals surface area contributed by atoms with Gasteiger partial charge < -0.3 is 10.1 Å². The Morgan fingerprint density at radius 3 is 2.85 bits per heavy atom. The highest BCUT2D eigenvalue weighted by Gasteiger charge is 2.37. The largest absolute Gasteiger partial charge is 0.481 e. The van der Waals surface area contributed by atoms with Gasteiger partial charge in [-0.25, -0.2) is 0 Å². The second-order valence-electron chi connectivity index (χ2n) is 3.99. The van der Waals surface area contributed by atoms with Crippen molar-refractivity contribution in [2.75, 3.05) is 13.2 Å². The Hall–Kier alpha value is -1.83. The zero-order valence-corrected chi connectivity index (χ0v) is 11.2. The fraction of sp³-hybridized carbons (Fsp3) is 0.333. The molecule has 2 N–H and O–H groups in total. The number of hydrogen-bond acceptors (Lipinski definition) is 4. The molecule has 2 heterocycles. The van der Waals surface area contributed by atoms with Gasteiger partial charge in [-0.05, 0) is 13.0 Å². The molecule has 0 fully saturated rings. The molecule has 0 aliphatic carbocycles. The average molecular weight is 304 g/mol. The van der Waals surface area contributed by atoms with Crippen LogP contribution in [-0.2, 0) is 0 Å². The van der Waals surface area contributed by atoms with Crippen LogP contribution >= 0.6 is 11.3 Å². The second-order valence-corrected chi connectivity index (χ2v) is 5.01. The van der Waals surface area contributed by atoms with Crippen LogP contribution in [0.1, 0.15) is 22.2 Å². The molecular weight excluding hydrogens is 293 g/mol. The lowest BCUT2D eigenvalue weighted by atomic mass is 10.1. The van der Waals surface area contributed by atoms with E-state index in [0.717, 1.165) is 17.4 Å². The van der Waals surface area contributed by atoms with Gasteiger partial charge in [0.05, 0.1) is 28.3 Å². The summed E-state index contributed by atoms with van der Waals surface area (Å²) < 4.78 is 43.6. The Labute approximate surface area is 116 Å². The summed E-state index contributed by atoms with van der Waals surface area (Å²) in [7, 11) is 0. The van der Waals surface area contributed by atoms with Crippen molar-refractivity contribution in [3.63, 3.8) is 0 Å². The van der Waals surface area contributed by atoms with Gasteiger partial charge in [-0.2, -0.15) is 13.2 Å². The summed E-state index contributed by atoms with van der Waals surface area (Å²) in [5, 5.41) is 10.5. The summed E-state index contributed by atoms with van der Waals surface area (Å²) in [4.78, 5) is 11.7. The minimum absolute atomic E-state index is 0.0532. The number of nitrogens with one attached hydrogen (secondary N) is 2. The first-order chi connectivity index (χ1) is 9.34. The molecule has 0 atom stereocenters. The molecule has 0 saturated carbocycles. The predicted molar refractivity (Wildman–Crippen MR) is 68.8 cm³/mol. The van der Waals surface area contributed by atoms with Crippen LogP contribution in [0, 0.1) is 5.41 Å². The highest BCUT2D eigenvalue weighted by atomic mass is 32.1. The van der Waals surface area contributed by atoms with E-state index in [1.807, 2.05) is 0 Å². The Bertz CT molecular complexity index is 590. The van der Waals surface area contributed by atoms with E-state index in [4.69, 9.17) is 10.1 Å². The number of halogens is 3. The molecule has 2 rings (SSSR count). The first kappa shape index (κ1) is 14.6. The van der Waals surface area contributed by atoms with Crippen molar-refractivity contribution >= 4 is 23.0 Å². The number of carbonyl (C=O) groups excluding carboxylic acids is 1. The third kappa shape index (κ3) is 2.69. The molecule has 108 valence electrons. The smallest absolute Gasteiger partial charge is 0.418 e. The monoisotopic (exact) mass is 304 g/mol. The average Bonchev–Trinajstić information content (AvgIpc) is 2.70. The fourth-order valence-corrected chi connectivity index (χ4v) is 2.74. The Balaban J connectivity index is 2.38. The third-order valence-corrected chi connectivity index (χ3v) is 3.74. The van der Waals surface area contributed by atoms with Crippen molar-refractivity contribution in [2.24, 2.45) is 0 Å². The van der Waals surface area contributed by atoms with Gasteiger partial charge in [0.2, 0.25) is 0 Å². The standard InChI is InChI=1S/C12H11F3N2O2S/c1-2-7(12(13,14)15)9(16)8-5-6-10(18)17-3-4-19-11(6)20-8/h2,5,16H,3-4H2,1H3,(H,17,18)/b7-2+,16-9?. The van der Waals surface area contributed by atoms with Crippen molar-refractivity contribution in [1.82, 2.24) is 5.32 Å². The fourth-order valence-electron chi connectivity index (χ4n) is 1.75. The number of rotatable bonds is 2. The summed E-state index contributed by atoms with van der Waals surface area (Å²) in [6.07, 6.45) is -3.76. The number of carbonyl (C=O) groups is 1. The number of alkyl halides is 3. The number of thiophene rings is 1. The van der Waals surface area contributed by atoms with E-state index < -0.39 is 23.4 Å². The maximum atomic E-state index is 12.8. The normalized spacial score (nSPS) is 16.0. The van der Waals surface area contributed by atoms with Crippen LogP contribution in [-0.4, -0.2) is 30.9 Å². The summed E-state index contributed by atoms with van der Waals surface area (Å²) in [5.74, 6) is -0.401. The minimum Gasteiger partial charge on any atom is -0.481 e. The summed E-state index contributed by atoms with van der Waals surface area (Å²) in [6, 6.07) is 1.26. The molecule has 0 bridgehead atoms. The molecule has 1 aromatic rings. The van der Waals surface area contributed by atoms with Crippen molar-refractivity contribution in [1.29, 1.82) is 5.41 Å². The molecule has 0 unspecified atom stereocenters. The molecular formula is C12H11F3N2O2S. The van der Waals surface area contributed by atoms with E-state index in [2.05, 4.69) is 5.32 Å². The first-order valence-electron chi connectivity index (χ1n) is 5.72. The highest BCUT2D eigenvalue weighted by molar-refractivity contribution is 7.16. The van der Waals surface area contributed by atoms with Crippen LogP contribution in [0.3, 0.4) is 0 Å². The van der Waals surface area contributed by atoms with Crippen LogP contribution in [0.5, 0.6) is 5.06 Å². The molecule has 0 spiro atoms. The Morgan fingerprint density at radius 2 is 2.25 bits per heavy atom. The molecule has 1 aromatic heterocycles. The van der Waals surface area contributed by atoms with Crippen LogP contribution in [0.25, 0.3) is 0 Å². The Morgan fingerprint density at radius 1 is 1.55 bits per heavy atom. The van der Waals surface area contributed by atoms with Crippen molar-refractivity contribution in [3.05, 3.63) is 28.2 Å². The Kier molecular flexibility index (Phi) is 3.85. The second kappa shape index (κ2) is 5.28. The van der Waals surface area contributed by atoms with Gasteiger partial charge in [-0.15, -0.1) is 0 Å². The van der Waals surface area contributed by atoms with Gasteiger partial charge in [0, 0.05) is 0 Å². The van der Waals surface area contributed by atoms with Crippen molar-refractivity contribution in [3.8, 4) is 5.06 Å². The molecule has 1 aliphatic heterocycles. The van der Waals surface area contributed by atoms with E-state index in [1.165, 1.54) is 13.0 Å². The molecule has 8 heteroatoms. The number of hydrogen-bond donors (Lipinski definition) is 2. The van der Waals surface area contributed by atoms with E-state index in [1.54, 1.807) is 0 Å². The highest BCUT2D eigenvalue weighted by Crippen LogP contribution is 2.36. The third-order valence-electron chi connectivity index (χ3n) is 2.67. The number of ether oxygens (including phenoxy) is 1. The van der Waals surface area contributed by atoms with Gasteiger partial charge >= 0.3 is 6.18 Å².